The Balaban J connectivity index is 2.22. The van der Waals surface area contributed by atoms with Crippen molar-refractivity contribution >= 4 is 23.6 Å². The molecule has 1 heterocycles. The van der Waals surface area contributed by atoms with Crippen LogP contribution in [0.3, 0.4) is 0 Å². The summed E-state index contributed by atoms with van der Waals surface area (Å²) in [5, 5.41) is 0.368. The van der Waals surface area contributed by atoms with E-state index in [9.17, 15) is 0 Å². The van der Waals surface area contributed by atoms with Gasteiger partial charge in [0, 0.05) is 11.6 Å². The van der Waals surface area contributed by atoms with Gasteiger partial charge in [0.25, 0.3) is 0 Å². The number of anilines is 1. The number of halogens is 1. The number of nitrogens with two attached hydrogens (primary N) is 1. The second kappa shape index (κ2) is 3.86. The molecule has 0 saturated heterocycles. The minimum absolute atomic E-state index is 0.201. The van der Waals surface area contributed by atoms with Crippen molar-refractivity contribution in [1.82, 2.24) is 9.97 Å². The lowest BCUT2D eigenvalue weighted by Gasteiger charge is -2.07. The van der Waals surface area contributed by atoms with Crippen molar-refractivity contribution in [2.45, 2.75) is 6.42 Å². The van der Waals surface area contributed by atoms with Gasteiger partial charge in [-0.25, -0.2) is 9.97 Å². The van der Waals surface area contributed by atoms with E-state index in [0.29, 0.717) is 5.15 Å². The quantitative estimate of drug-likeness (QED) is 0.784. The van der Waals surface area contributed by atoms with Crippen molar-refractivity contribution in [1.29, 1.82) is 0 Å². The van der Waals surface area contributed by atoms with E-state index in [-0.39, 0.29) is 5.95 Å². The van der Waals surface area contributed by atoms with Crippen LogP contribution in [0.2, 0.25) is 5.15 Å². The van der Waals surface area contributed by atoms with Gasteiger partial charge in [-0.05, 0) is 17.5 Å². The first kappa shape index (κ1) is 10.3. The molecule has 1 aliphatic rings. The average molecular weight is 244 g/mol. The van der Waals surface area contributed by atoms with Gasteiger partial charge < -0.3 is 5.73 Å². The molecule has 1 aromatic carbocycles. The number of nitrogens with zero attached hydrogens (tertiary/aromatic N) is 2. The molecule has 0 aliphatic heterocycles. The maximum absolute atomic E-state index is 5.90. The van der Waals surface area contributed by atoms with Gasteiger partial charge in [0.1, 0.15) is 5.15 Å². The first-order chi connectivity index (χ1) is 8.24. The van der Waals surface area contributed by atoms with Gasteiger partial charge in [-0.2, -0.15) is 0 Å². The third-order valence-corrected chi connectivity index (χ3v) is 3.00. The first-order valence-corrected chi connectivity index (χ1v) is 5.71. The number of fused-ring (bicyclic) bond motifs is 1. The summed E-state index contributed by atoms with van der Waals surface area (Å²) >= 11 is 5.90. The van der Waals surface area contributed by atoms with Crippen molar-refractivity contribution < 1.29 is 0 Å². The minimum Gasteiger partial charge on any atom is -0.368 e. The molecule has 2 N–H and O–H groups in total. The topological polar surface area (TPSA) is 51.8 Å². The molecule has 3 nitrogen and oxygen atoms in total. The zero-order valence-electron chi connectivity index (χ0n) is 9.02. The van der Waals surface area contributed by atoms with Crippen LogP contribution in [-0.4, -0.2) is 9.97 Å². The average Bonchev–Trinajstić information content (AvgIpc) is 2.75. The summed E-state index contributed by atoms with van der Waals surface area (Å²) in [5.41, 5.74) is 9.93. The maximum Gasteiger partial charge on any atom is 0.221 e. The summed E-state index contributed by atoms with van der Waals surface area (Å²) in [5.74, 6) is 0.201. The van der Waals surface area contributed by atoms with Gasteiger partial charge in [-0.3, -0.25) is 0 Å². The van der Waals surface area contributed by atoms with E-state index in [1.54, 1.807) is 6.07 Å². The highest BCUT2D eigenvalue weighted by Crippen LogP contribution is 2.31. The molecule has 3 rings (SSSR count). The summed E-state index contributed by atoms with van der Waals surface area (Å²) in [6.45, 7) is 0. The Morgan fingerprint density at radius 2 is 2.12 bits per heavy atom. The monoisotopic (exact) mass is 243 g/mol. The minimum atomic E-state index is 0.201. The van der Waals surface area contributed by atoms with Crippen LogP contribution in [0.15, 0.2) is 30.3 Å². The Labute approximate surface area is 104 Å². The van der Waals surface area contributed by atoms with Crippen molar-refractivity contribution in [2.75, 3.05) is 5.73 Å². The van der Waals surface area contributed by atoms with Gasteiger partial charge in [-0.1, -0.05) is 42.0 Å². The van der Waals surface area contributed by atoms with Crippen LogP contribution in [0.1, 0.15) is 11.1 Å². The number of allylic oxidation sites excluding steroid dienone is 1. The van der Waals surface area contributed by atoms with Gasteiger partial charge >= 0.3 is 0 Å². The molecular formula is C13H10ClN3. The SMILES string of the molecule is Nc1nc(Cl)cc(-c2cccc3c2C=CC3)n1. The molecule has 84 valence electrons. The zero-order chi connectivity index (χ0) is 11.8. The normalized spacial score (nSPS) is 12.8. The van der Waals surface area contributed by atoms with Crippen LogP contribution in [0.25, 0.3) is 17.3 Å². The van der Waals surface area contributed by atoms with E-state index in [0.717, 1.165) is 17.7 Å². The van der Waals surface area contributed by atoms with Gasteiger partial charge in [0.05, 0.1) is 5.69 Å². The van der Waals surface area contributed by atoms with Crippen LogP contribution in [0.5, 0.6) is 0 Å². The highest BCUT2D eigenvalue weighted by Gasteiger charge is 2.12. The lowest BCUT2D eigenvalue weighted by Crippen LogP contribution is -1.97. The molecule has 0 bridgehead atoms. The molecule has 0 unspecified atom stereocenters. The Morgan fingerprint density at radius 1 is 1.24 bits per heavy atom. The molecular weight excluding hydrogens is 234 g/mol. The number of aromatic nitrogens is 2. The molecule has 0 spiro atoms. The molecule has 0 saturated carbocycles. The lowest BCUT2D eigenvalue weighted by atomic mass is 10.0. The smallest absolute Gasteiger partial charge is 0.221 e. The van der Waals surface area contributed by atoms with E-state index in [1.807, 2.05) is 12.1 Å². The summed E-state index contributed by atoms with van der Waals surface area (Å²) in [6, 6.07) is 7.89. The molecule has 1 aromatic heterocycles. The summed E-state index contributed by atoms with van der Waals surface area (Å²) < 4.78 is 0. The summed E-state index contributed by atoms with van der Waals surface area (Å²) in [4.78, 5) is 8.10. The fourth-order valence-corrected chi connectivity index (χ4v) is 2.28. The number of benzene rings is 1. The fourth-order valence-electron chi connectivity index (χ4n) is 2.09. The molecule has 0 fully saturated rings. The molecule has 0 amide bonds. The van der Waals surface area contributed by atoms with E-state index in [1.165, 1.54) is 11.1 Å². The number of hydrogen-bond donors (Lipinski definition) is 1. The molecule has 0 atom stereocenters. The van der Waals surface area contributed by atoms with E-state index < -0.39 is 0 Å². The predicted octanol–water partition coefficient (Wildman–Crippen LogP) is 2.95. The van der Waals surface area contributed by atoms with Crippen LogP contribution in [0.4, 0.5) is 5.95 Å². The standard InChI is InChI=1S/C13H10ClN3/c14-12-7-11(16-13(15)17-12)10-6-2-4-8-3-1-5-9(8)10/h1-2,4-7H,3H2,(H2,15,16,17). The molecule has 17 heavy (non-hydrogen) atoms. The second-order valence-corrected chi connectivity index (χ2v) is 4.31. The third-order valence-electron chi connectivity index (χ3n) is 2.81. The second-order valence-electron chi connectivity index (χ2n) is 3.92. The van der Waals surface area contributed by atoms with Crippen LogP contribution >= 0.6 is 11.6 Å². The molecule has 0 radical (unpaired) electrons. The molecule has 2 aromatic rings. The summed E-state index contributed by atoms with van der Waals surface area (Å²) in [6.07, 6.45) is 5.22. The highest BCUT2D eigenvalue weighted by atomic mass is 35.5. The van der Waals surface area contributed by atoms with Crippen molar-refractivity contribution in [3.8, 4) is 11.3 Å². The maximum atomic E-state index is 5.90. The fraction of sp³-hybridized carbons (Fsp3) is 0.0769. The Bertz CT molecular complexity index is 600. The highest BCUT2D eigenvalue weighted by molar-refractivity contribution is 6.29. The van der Waals surface area contributed by atoms with Crippen LogP contribution in [0, 0.1) is 0 Å². The Hall–Kier alpha value is -1.87. The van der Waals surface area contributed by atoms with Gasteiger partial charge in [-0.15, -0.1) is 0 Å². The van der Waals surface area contributed by atoms with E-state index in [4.69, 9.17) is 17.3 Å². The molecule has 1 aliphatic carbocycles. The van der Waals surface area contributed by atoms with Crippen molar-refractivity contribution in [3.63, 3.8) is 0 Å². The van der Waals surface area contributed by atoms with Crippen molar-refractivity contribution in [3.05, 3.63) is 46.6 Å². The predicted molar refractivity (Wildman–Crippen MR) is 69.6 cm³/mol. The Kier molecular flexibility index (Phi) is 2.34. The number of nitrogen functional groups attached to an aromatic ring is 1. The van der Waals surface area contributed by atoms with Crippen molar-refractivity contribution in [2.24, 2.45) is 0 Å². The Morgan fingerprint density at radius 3 is 2.94 bits per heavy atom. The van der Waals surface area contributed by atoms with E-state index in [2.05, 4.69) is 28.2 Å². The first-order valence-electron chi connectivity index (χ1n) is 5.33. The van der Waals surface area contributed by atoms with Crippen LogP contribution < -0.4 is 5.73 Å². The number of rotatable bonds is 1. The van der Waals surface area contributed by atoms with E-state index >= 15 is 0 Å². The zero-order valence-corrected chi connectivity index (χ0v) is 9.78. The number of hydrogen-bond acceptors (Lipinski definition) is 3. The summed E-state index contributed by atoms with van der Waals surface area (Å²) in [7, 11) is 0. The van der Waals surface area contributed by atoms with Gasteiger partial charge in [0.2, 0.25) is 5.95 Å². The third kappa shape index (κ3) is 1.78. The largest absolute Gasteiger partial charge is 0.368 e. The van der Waals surface area contributed by atoms with Crippen LogP contribution in [-0.2, 0) is 6.42 Å². The molecule has 4 heteroatoms. The lowest BCUT2D eigenvalue weighted by molar-refractivity contribution is 1.19. The van der Waals surface area contributed by atoms with Gasteiger partial charge in [0.15, 0.2) is 0 Å².